The standard InChI is InChI=1S/C9H18N2OS/c1-3-8-6-11(4-5-13-8)9(12)7(2)10/h7-8H,3-6,10H2,1-2H3/t7-,8?/m1/s1. The minimum absolute atomic E-state index is 0.0961. The molecule has 1 heterocycles. The van der Waals surface area contributed by atoms with E-state index in [9.17, 15) is 4.79 Å². The predicted octanol–water partition coefficient (Wildman–Crippen LogP) is 0.688. The van der Waals surface area contributed by atoms with Crippen molar-refractivity contribution in [2.24, 2.45) is 5.73 Å². The van der Waals surface area contributed by atoms with Crippen molar-refractivity contribution in [2.45, 2.75) is 31.6 Å². The maximum atomic E-state index is 11.6. The van der Waals surface area contributed by atoms with E-state index in [0.29, 0.717) is 5.25 Å². The summed E-state index contributed by atoms with van der Waals surface area (Å²) in [5, 5.41) is 0.608. The Bertz CT molecular complexity index is 184. The molecule has 0 saturated carbocycles. The molecule has 0 spiro atoms. The molecule has 0 radical (unpaired) electrons. The van der Waals surface area contributed by atoms with Crippen LogP contribution in [0.3, 0.4) is 0 Å². The second kappa shape index (κ2) is 4.86. The lowest BCUT2D eigenvalue weighted by atomic mass is 10.2. The van der Waals surface area contributed by atoms with Gasteiger partial charge in [-0.1, -0.05) is 6.92 Å². The molecule has 0 aromatic heterocycles. The van der Waals surface area contributed by atoms with E-state index in [4.69, 9.17) is 5.73 Å². The quantitative estimate of drug-likeness (QED) is 0.716. The van der Waals surface area contributed by atoms with Crippen LogP contribution in [0.2, 0.25) is 0 Å². The van der Waals surface area contributed by atoms with Crippen molar-refractivity contribution in [2.75, 3.05) is 18.8 Å². The molecule has 0 aromatic rings. The maximum absolute atomic E-state index is 11.6. The summed E-state index contributed by atoms with van der Waals surface area (Å²) in [4.78, 5) is 13.4. The number of carbonyl (C=O) groups excluding carboxylic acids is 1. The normalized spacial score (nSPS) is 25.8. The van der Waals surface area contributed by atoms with Gasteiger partial charge in [0.1, 0.15) is 0 Å². The van der Waals surface area contributed by atoms with Crippen LogP contribution in [0.15, 0.2) is 0 Å². The Morgan fingerprint density at radius 3 is 3.00 bits per heavy atom. The molecule has 1 unspecified atom stereocenters. The lowest BCUT2D eigenvalue weighted by Crippen LogP contribution is -2.48. The van der Waals surface area contributed by atoms with Crippen molar-refractivity contribution < 1.29 is 4.79 Å². The summed E-state index contributed by atoms with van der Waals surface area (Å²) >= 11 is 1.96. The number of nitrogens with two attached hydrogens (primary N) is 1. The van der Waals surface area contributed by atoms with Gasteiger partial charge >= 0.3 is 0 Å². The number of amides is 1. The molecule has 1 rings (SSSR count). The summed E-state index contributed by atoms with van der Waals surface area (Å²) in [6.07, 6.45) is 1.13. The molecule has 1 aliphatic heterocycles. The summed E-state index contributed by atoms with van der Waals surface area (Å²) < 4.78 is 0. The maximum Gasteiger partial charge on any atom is 0.239 e. The van der Waals surface area contributed by atoms with Gasteiger partial charge in [-0.3, -0.25) is 4.79 Å². The molecule has 1 saturated heterocycles. The smallest absolute Gasteiger partial charge is 0.239 e. The van der Waals surface area contributed by atoms with Crippen molar-refractivity contribution >= 4 is 17.7 Å². The van der Waals surface area contributed by atoms with Crippen LogP contribution in [0.25, 0.3) is 0 Å². The lowest BCUT2D eigenvalue weighted by molar-refractivity contribution is -0.132. The van der Waals surface area contributed by atoms with E-state index in [1.807, 2.05) is 16.7 Å². The van der Waals surface area contributed by atoms with Gasteiger partial charge in [0.05, 0.1) is 6.04 Å². The fourth-order valence-corrected chi connectivity index (χ4v) is 2.63. The number of rotatable bonds is 2. The van der Waals surface area contributed by atoms with E-state index in [2.05, 4.69) is 6.92 Å². The Kier molecular flexibility index (Phi) is 4.06. The van der Waals surface area contributed by atoms with Crippen LogP contribution in [0.5, 0.6) is 0 Å². The first-order valence-corrected chi connectivity index (χ1v) is 5.86. The second-order valence-corrected chi connectivity index (χ2v) is 4.88. The van der Waals surface area contributed by atoms with E-state index in [1.54, 1.807) is 6.92 Å². The average molecular weight is 202 g/mol. The fraction of sp³-hybridized carbons (Fsp3) is 0.889. The Balaban J connectivity index is 2.46. The van der Waals surface area contributed by atoms with Gasteiger partial charge < -0.3 is 10.6 Å². The van der Waals surface area contributed by atoms with E-state index in [-0.39, 0.29) is 11.9 Å². The molecule has 0 aromatic carbocycles. The SMILES string of the molecule is CCC1CN(C(=O)[C@@H](C)N)CCS1. The van der Waals surface area contributed by atoms with Crippen molar-refractivity contribution in [1.29, 1.82) is 0 Å². The first kappa shape index (κ1) is 10.9. The largest absolute Gasteiger partial charge is 0.339 e. The van der Waals surface area contributed by atoms with Crippen molar-refractivity contribution in [3.63, 3.8) is 0 Å². The summed E-state index contributed by atoms with van der Waals surface area (Å²) in [6, 6.07) is -0.347. The molecule has 3 nitrogen and oxygen atoms in total. The Morgan fingerprint density at radius 1 is 1.77 bits per heavy atom. The monoisotopic (exact) mass is 202 g/mol. The molecular weight excluding hydrogens is 184 g/mol. The van der Waals surface area contributed by atoms with E-state index in [1.165, 1.54) is 0 Å². The topological polar surface area (TPSA) is 46.3 Å². The Hall–Kier alpha value is -0.220. The molecule has 76 valence electrons. The summed E-state index contributed by atoms with van der Waals surface area (Å²) in [7, 11) is 0. The summed E-state index contributed by atoms with van der Waals surface area (Å²) in [5.74, 6) is 1.15. The third kappa shape index (κ3) is 2.88. The first-order chi connectivity index (χ1) is 6.15. The summed E-state index contributed by atoms with van der Waals surface area (Å²) in [5.41, 5.74) is 5.56. The predicted molar refractivity (Wildman–Crippen MR) is 56.8 cm³/mol. The molecule has 4 heteroatoms. The minimum atomic E-state index is -0.347. The second-order valence-electron chi connectivity index (χ2n) is 3.47. The highest BCUT2D eigenvalue weighted by atomic mass is 32.2. The van der Waals surface area contributed by atoms with Crippen LogP contribution < -0.4 is 5.73 Å². The highest BCUT2D eigenvalue weighted by Crippen LogP contribution is 2.21. The van der Waals surface area contributed by atoms with Crippen LogP contribution in [0, 0.1) is 0 Å². The van der Waals surface area contributed by atoms with Crippen LogP contribution >= 0.6 is 11.8 Å². The van der Waals surface area contributed by atoms with Gasteiger partial charge in [-0.05, 0) is 13.3 Å². The van der Waals surface area contributed by atoms with E-state index >= 15 is 0 Å². The molecular formula is C9H18N2OS. The van der Waals surface area contributed by atoms with Crippen LogP contribution in [-0.4, -0.2) is 40.9 Å². The molecule has 1 aliphatic rings. The Labute approximate surface area is 84.0 Å². The number of carbonyl (C=O) groups is 1. The third-order valence-electron chi connectivity index (χ3n) is 2.30. The van der Waals surface area contributed by atoms with Crippen molar-refractivity contribution in [3.8, 4) is 0 Å². The number of hydrogen-bond acceptors (Lipinski definition) is 3. The Morgan fingerprint density at radius 2 is 2.46 bits per heavy atom. The number of thioether (sulfide) groups is 1. The fourth-order valence-electron chi connectivity index (χ4n) is 1.45. The minimum Gasteiger partial charge on any atom is -0.339 e. The molecule has 2 atom stereocenters. The van der Waals surface area contributed by atoms with Gasteiger partial charge in [0, 0.05) is 24.1 Å². The van der Waals surface area contributed by atoms with Crippen molar-refractivity contribution in [3.05, 3.63) is 0 Å². The highest BCUT2D eigenvalue weighted by molar-refractivity contribution is 8.00. The zero-order chi connectivity index (χ0) is 9.84. The molecule has 0 aliphatic carbocycles. The molecule has 1 amide bonds. The zero-order valence-corrected chi connectivity index (χ0v) is 9.14. The van der Waals surface area contributed by atoms with Gasteiger partial charge in [-0.25, -0.2) is 0 Å². The van der Waals surface area contributed by atoms with Gasteiger partial charge in [0.2, 0.25) is 5.91 Å². The molecule has 13 heavy (non-hydrogen) atoms. The van der Waals surface area contributed by atoms with Gasteiger partial charge in [-0.2, -0.15) is 11.8 Å². The number of nitrogens with zero attached hydrogens (tertiary/aromatic N) is 1. The highest BCUT2D eigenvalue weighted by Gasteiger charge is 2.24. The van der Waals surface area contributed by atoms with E-state index < -0.39 is 0 Å². The summed E-state index contributed by atoms with van der Waals surface area (Å²) in [6.45, 7) is 5.66. The van der Waals surface area contributed by atoms with Gasteiger partial charge in [0.25, 0.3) is 0 Å². The van der Waals surface area contributed by atoms with Crippen LogP contribution in [-0.2, 0) is 4.79 Å². The first-order valence-electron chi connectivity index (χ1n) is 4.81. The molecule has 1 fully saturated rings. The molecule has 2 N–H and O–H groups in total. The van der Waals surface area contributed by atoms with Gasteiger partial charge in [0.15, 0.2) is 0 Å². The average Bonchev–Trinajstić information content (AvgIpc) is 2.16. The van der Waals surface area contributed by atoms with Crippen LogP contribution in [0.4, 0.5) is 0 Å². The zero-order valence-electron chi connectivity index (χ0n) is 8.32. The van der Waals surface area contributed by atoms with Crippen LogP contribution in [0.1, 0.15) is 20.3 Å². The van der Waals surface area contributed by atoms with Gasteiger partial charge in [-0.15, -0.1) is 0 Å². The lowest BCUT2D eigenvalue weighted by Gasteiger charge is -2.32. The molecule has 0 bridgehead atoms. The number of hydrogen-bond donors (Lipinski definition) is 1. The van der Waals surface area contributed by atoms with Crippen molar-refractivity contribution in [1.82, 2.24) is 4.90 Å². The third-order valence-corrected chi connectivity index (χ3v) is 3.67. The van der Waals surface area contributed by atoms with E-state index in [0.717, 1.165) is 25.3 Å².